The van der Waals surface area contributed by atoms with Gasteiger partial charge in [0.25, 0.3) is 6.43 Å². The predicted molar refractivity (Wildman–Crippen MR) is 46.8 cm³/mol. The van der Waals surface area contributed by atoms with Crippen LogP contribution in [0.25, 0.3) is 0 Å². The van der Waals surface area contributed by atoms with Crippen molar-refractivity contribution < 1.29 is 22.0 Å². The van der Waals surface area contributed by atoms with Gasteiger partial charge >= 0.3 is 6.18 Å². The monoisotopic (exact) mass is 240 g/mol. The minimum Gasteiger partial charge on any atom is -0.325 e. The molecule has 1 rings (SSSR count). The first-order chi connectivity index (χ1) is 7.27. The number of halogens is 5. The summed E-state index contributed by atoms with van der Waals surface area (Å²) < 4.78 is 62.1. The van der Waals surface area contributed by atoms with E-state index >= 15 is 0 Å². The Kier molecular flexibility index (Phi) is 3.47. The second-order valence-electron chi connectivity index (χ2n) is 3.17. The number of nitrogens with zero attached hydrogens (tertiary/aromatic N) is 1. The highest BCUT2D eigenvalue weighted by molar-refractivity contribution is 5.34. The molecule has 1 aromatic heterocycles. The van der Waals surface area contributed by atoms with Crippen molar-refractivity contribution in [2.75, 3.05) is 0 Å². The lowest BCUT2D eigenvalue weighted by Crippen LogP contribution is -2.14. The van der Waals surface area contributed by atoms with Gasteiger partial charge in [0, 0.05) is 6.54 Å². The third-order valence-electron chi connectivity index (χ3n) is 2.12. The molecule has 90 valence electrons. The molecule has 0 aliphatic carbocycles. The van der Waals surface area contributed by atoms with Gasteiger partial charge in [0.15, 0.2) is 0 Å². The number of rotatable bonds is 2. The predicted octanol–water partition coefficient (Wildman–Crippen LogP) is 2.81. The minimum absolute atomic E-state index is 0.162. The smallest absolute Gasteiger partial charge is 0.325 e. The van der Waals surface area contributed by atoms with Crippen LogP contribution in [0.5, 0.6) is 0 Å². The summed E-state index contributed by atoms with van der Waals surface area (Å²) in [5.41, 5.74) is 2.77. The van der Waals surface area contributed by atoms with E-state index in [9.17, 15) is 22.0 Å². The molecule has 2 nitrogen and oxygen atoms in total. The van der Waals surface area contributed by atoms with E-state index in [1.807, 2.05) is 0 Å². The summed E-state index contributed by atoms with van der Waals surface area (Å²) in [5.74, 6) is 0. The summed E-state index contributed by atoms with van der Waals surface area (Å²) >= 11 is 0. The first kappa shape index (κ1) is 12.8. The Balaban J connectivity index is 3.42. The van der Waals surface area contributed by atoms with Gasteiger partial charge in [0.1, 0.15) is 5.69 Å². The second kappa shape index (κ2) is 4.32. The van der Waals surface area contributed by atoms with E-state index in [2.05, 4.69) is 4.98 Å². The lowest BCUT2D eigenvalue weighted by molar-refractivity contribution is -0.138. The Morgan fingerprint density at radius 3 is 2.31 bits per heavy atom. The fraction of sp³-hybridized carbons (Fsp3) is 0.444. The Labute approximate surface area is 88.3 Å². The van der Waals surface area contributed by atoms with Crippen molar-refractivity contribution in [1.29, 1.82) is 0 Å². The van der Waals surface area contributed by atoms with Gasteiger partial charge in [-0.2, -0.15) is 13.2 Å². The summed E-state index contributed by atoms with van der Waals surface area (Å²) in [5, 5.41) is 0. The molecule has 0 bridgehead atoms. The van der Waals surface area contributed by atoms with Gasteiger partial charge in [-0.05, 0) is 18.6 Å². The van der Waals surface area contributed by atoms with Gasteiger partial charge in [-0.25, -0.2) is 8.78 Å². The van der Waals surface area contributed by atoms with Crippen molar-refractivity contribution in [1.82, 2.24) is 4.98 Å². The highest BCUT2D eigenvalue weighted by atomic mass is 19.4. The van der Waals surface area contributed by atoms with Gasteiger partial charge in [0.05, 0.1) is 11.3 Å². The van der Waals surface area contributed by atoms with Crippen LogP contribution in [0.2, 0.25) is 0 Å². The van der Waals surface area contributed by atoms with Gasteiger partial charge in [-0.15, -0.1) is 0 Å². The average molecular weight is 240 g/mol. The zero-order valence-electron chi connectivity index (χ0n) is 8.28. The maximum Gasteiger partial charge on any atom is 0.416 e. The summed E-state index contributed by atoms with van der Waals surface area (Å²) in [6, 6.07) is 0.360. The molecule has 0 spiro atoms. The minimum atomic E-state index is -4.68. The van der Waals surface area contributed by atoms with Crippen LogP contribution in [0.4, 0.5) is 22.0 Å². The number of pyridine rings is 1. The molecule has 0 aliphatic heterocycles. The zero-order valence-corrected chi connectivity index (χ0v) is 8.28. The molecule has 0 radical (unpaired) electrons. The summed E-state index contributed by atoms with van der Waals surface area (Å²) in [7, 11) is 0. The van der Waals surface area contributed by atoms with Gasteiger partial charge in [0.2, 0.25) is 0 Å². The van der Waals surface area contributed by atoms with Crippen LogP contribution >= 0.6 is 0 Å². The first-order valence-electron chi connectivity index (χ1n) is 4.33. The van der Waals surface area contributed by atoms with E-state index in [0.29, 0.717) is 6.07 Å². The third-order valence-corrected chi connectivity index (χ3v) is 2.12. The Morgan fingerprint density at radius 1 is 1.38 bits per heavy atom. The van der Waals surface area contributed by atoms with Crippen molar-refractivity contribution in [3.8, 4) is 0 Å². The average Bonchev–Trinajstić information content (AvgIpc) is 2.15. The summed E-state index contributed by atoms with van der Waals surface area (Å²) in [6.45, 7) is 0.850. The van der Waals surface area contributed by atoms with Crippen molar-refractivity contribution in [3.05, 3.63) is 28.6 Å². The topological polar surface area (TPSA) is 38.9 Å². The van der Waals surface area contributed by atoms with Crippen molar-refractivity contribution in [3.63, 3.8) is 0 Å². The SMILES string of the molecule is Cc1c(C(F)(F)F)cc(C(F)F)nc1CN. The number of alkyl halides is 5. The molecule has 7 heteroatoms. The van der Waals surface area contributed by atoms with E-state index in [0.717, 1.165) is 6.92 Å². The fourth-order valence-electron chi connectivity index (χ4n) is 1.29. The lowest BCUT2D eigenvalue weighted by Gasteiger charge is -2.14. The Hall–Kier alpha value is -1.24. The maximum atomic E-state index is 12.5. The molecule has 0 fully saturated rings. The molecule has 0 amide bonds. The van der Waals surface area contributed by atoms with Crippen molar-refractivity contribution in [2.45, 2.75) is 26.1 Å². The summed E-state index contributed by atoms with van der Waals surface area (Å²) in [4.78, 5) is 3.39. The van der Waals surface area contributed by atoms with Gasteiger partial charge < -0.3 is 5.73 Å². The molecule has 0 saturated heterocycles. The Bertz CT molecular complexity index is 386. The molecule has 0 saturated carbocycles. The molecule has 1 heterocycles. The molecule has 2 N–H and O–H groups in total. The molecule has 0 aromatic carbocycles. The van der Waals surface area contributed by atoms with Crippen LogP contribution < -0.4 is 5.73 Å². The molecular weight excluding hydrogens is 231 g/mol. The van der Waals surface area contributed by atoms with Crippen LogP contribution in [0.15, 0.2) is 6.07 Å². The molecule has 16 heavy (non-hydrogen) atoms. The number of hydrogen-bond donors (Lipinski definition) is 1. The van der Waals surface area contributed by atoms with Crippen LogP contribution in [-0.4, -0.2) is 4.98 Å². The van der Waals surface area contributed by atoms with E-state index in [4.69, 9.17) is 5.73 Å². The van der Waals surface area contributed by atoms with Crippen LogP contribution in [0.1, 0.15) is 28.9 Å². The fourth-order valence-corrected chi connectivity index (χ4v) is 1.29. The lowest BCUT2D eigenvalue weighted by atomic mass is 10.1. The molecular formula is C9H9F5N2. The molecule has 0 atom stereocenters. The quantitative estimate of drug-likeness (QED) is 0.807. The zero-order chi connectivity index (χ0) is 12.5. The van der Waals surface area contributed by atoms with Crippen LogP contribution in [0, 0.1) is 6.92 Å². The van der Waals surface area contributed by atoms with Crippen molar-refractivity contribution >= 4 is 0 Å². The second-order valence-corrected chi connectivity index (χ2v) is 3.17. The van der Waals surface area contributed by atoms with Gasteiger partial charge in [-0.1, -0.05) is 0 Å². The standard InChI is InChI=1S/C9H9F5N2/c1-4-5(9(12,13)14)2-6(8(10)11)16-7(4)3-15/h2,8H,3,15H2,1H3. The molecule has 0 aliphatic rings. The largest absolute Gasteiger partial charge is 0.416 e. The highest BCUT2D eigenvalue weighted by Crippen LogP contribution is 2.34. The molecule has 0 unspecified atom stereocenters. The van der Waals surface area contributed by atoms with E-state index in [-0.39, 0.29) is 17.8 Å². The third kappa shape index (κ3) is 2.46. The highest BCUT2D eigenvalue weighted by Gasteiger charge is 2.34. The van der Waals surface area contributed by atoms with Gasteiger partial charge in [-0.3, -0.25) is 4.98 Å². The van der Waals surface area contributed by atoms with Crippen LogP contribution in [0.3, 0.4) is 0 Å². The summed E-state index contributed by atoms with van der Waals surface area (Å²) in [6.07, 6.45) is -7.73. The van der Waals surface area contributed by atoms with Crippen LogP contribution in [-0.2, 0) is 12.7 Å². The number of hydrogen-bond acceptors (Lipinski definition) is 2. The number of nitrogens with two attached hydrogens (primary N) is 1. The molecule has 1 aromatic rings. The normalized spacial score (nSPS) is 12.2. The van der Waals surface area contributed by atoms with E-state index in [1.165, 1.54) is 0 Å². The Morgan fingerprint density at radius 2 is 1.94 bits per heavy atom. The number of aromatic nitrogens is 1. The first-order valence-corrected chi connectivity index (χ1v) is 4.33. The van der Waals surface area contributed by atoms with E-state index < -0.39 is 23.9 Å². The maximum absolute atomic E-state index is 12.5. The van der Waals surface area contributed by atoms with E-state index in [1.54, 1.807) is 0 Å². The van der Waals surface area contributed by atoms with Crippen molar-refractivity contribution in [2.24, 2.45) is 5.73 Å².